The van der Waals surface area contributed by atoms with E-state index in [-0.39, 0.29) is 29.5 Å². The van der Waals surface area contributed by atoms with Crippen LogP contribution in [0.5, 0.6) is 17.2 Å². The topological polar surface area (TPSA) is 71.1 Å². The lowest BCUT2D eigenvalue weighted by Gasteiger charge is -2.19. The highest BCUT2D eigenvalue weighted by molar-refractivity contribution is 6.07. The fraction of sp³-hybridized carbons (Fsp3) is 0.304. The summed E-state index contributed by atoms with van der Waals surface area (Å²) in [6, 6.07) is 9.39. The molecule has 0 aliphatic rings. The number of ketones is 1. The number of hydrogen-bond acceptors (Lipinski definition) is 6. The summed E-state index contributed by atoms with van der Waals surface area (Å²) in [5.74, 6) is -0.930. The van der Waals surface area contributed by atoms with Gasteiger partial charge in [-0.2, -0.15) is 0 Å². The van der Waals surface area contributed by atoms with Gasteiger partial charge in [0.15, 0.2) is 29.7 Å². The number of methoxy groups -OCH3 is 2. The molecule has 7 heteroatoms. The fourth-order valence-electron chi connectivity index (χ4n) is 2.55. The predicted molar refractivity (Wildman–Crippen MR) is 111 cm³/mol. The summed E-state index contributed by atoms with van der Waals surface area (Å²) < 4.78 is 35.1. The van der Waals surface area contributed by atoms with Crippen molar-refractivity contribution in [2.45, 2.75) is 26.4 Å². The summed E-state index contributed by atoms with van der Waals surface area (Å²) in [6.45, 7) is 5.01. The molecule has 2 aromatic rings. The van der Waals surface area contributed by atoms with E-state index in [0.717, 1.165) is 0 Å². The summed E-state index contributed by atoms with van der Waals surface area (Å²) in [7, 11) is 2.75. The van der Waals surface area contributed by atoms with Gasteiger partial charge in [-0.1, -0.05) is 12.1 Å². The molecular formula is C23H25FO6. The van der Waals surface area contributed by atoms with Crippen LogP contribution >= 0.6 is 0 Å². The van der Waals surface area contributed by atoms with Gasteiger partial charge in [0.1, 0.15) is 11.4 Å². The molecule has 2 aromatic carbocycles. The molecule has 0 spiro atoms. The maximum absolute atomic E-state index is 14.5. The van der Waals surface area contributed by atoms with E-state index in [2.05, 4.69) is 0 Å². The van der Waals surface area contributed by atoms with Crippen LogP contribution in [0.3, 0.4) is 0 Å². The second kappa shape index (κ2) is 9.91. The fourth-order valence-corrected chi connectivity index (χ4v) is 2.55. The van der Waals surface area contributed by atoms with Crippen molar-refractivity contribution in [3.8, 4) is 17.2 Å². The van der Waals surface area contributed by atoms with E-state index in [1.54, 1.807) is 45.0 Å². The van der Waals surface area contributed by atoms with Gasteiger partial charge in [0.05, 0.1) is 14.2 Å². The highest BCUT2D eigenvalue weighted by atomic mass is 19.1. The highest BCUT2D eigenvalue weighted by Gasteiger charge is 2.17. The van der Waals surface area contributed by atoms with E-state index in [1.165, 1.54) is 38.5 Å². The first kappa shape index (κ1) is 22.9. The minimum Gasteiger partial charge on any atom is -0.493 e. The number of rotatable bonds is 8. The van der Waals surface area contributed by atoms with Gasteiger partial charge >= 0.3 is 5.97 Å². The van der Waals surface area contributed by atoms with Crippen LogP contribution < -0.4 is 14.2 Å². The second-order valence-electron chi connectivity index (χ2n) is 7.30. The van der Waals surface area contributed by atoms with Gasteiger partial charge in [-0.15, -0.1) is 0 Å². The molecule has 0 aromatic heterocycles. The number of esters is 1. The molecule has 0 radical (unpaired) electrons. The zero-order chi connectivity index (χ0) is 22.3. The summed E-state index contributed by atoms with van der Waals surface area (Å²) in [5, 5.41) is 0. The van der Waals surface area contributed by atoms with Crippen molar-refractivity contribution in [2.24, 2.45) is 0 Å². The molecule has 0 aliphatic carbocycles. The van der Waals surface area contributed by atoms with E-state index >= 15 is 0 Å². The van der Waals surface area contributed by atoms with Crippen LogP contribution in [0.25, 0.3) is 6.08 Å². The minimum absolute atomic E-state index is 0.0374. The van der Waals surface area contributed by atoms with E-state index in [1.807, 2.05) is 0 Å². The Bertz CT molecular complexity index is 943. The lowest BCUT2D eigenvalue weighted by molar-refractivity contribution is -0.157. The first-order valence-electron chi connectivity index (χ1n) is 9.22. The highest BCUT2D eigenvalue weighted by Crippen LogP contribution is 2.32. The first-order valence-corrected chi connectivity index (χ1v) is 9.22. The third-order valence-corrected chi connectivity index (χ3v) is 3.82. The van der Waals surface area contributed by atoms with Gasteiger partial charge in [-0.3, -0.25) is 4.79 Å². The molecule has 160 valence electrons. The monoisotopic (exact) mass is 416 g/mol. The third-order valence-electron chi connectivity index (χ3n) is 3.82. The number of carbonyl (C=O) groups excluding carboxylic acids is 2. The molecule has 0 aliphatic heterocycles. The molecule has 0 saturated heterocycles. The van der Waals surface area contributed by atoms with E-state index in [0.29, 0.717) is 11.3 Å². The maximum Gasteiger partial charge on any atom is 0.344 e. The van der Waals surface area contributed by atoms with Crippen molar-refractivity contribution < 1.29 is 32.9 Å². The number of allylic oxidation sites excluding steroid dienone is 1. The standard InChI is InChI=1S/C23H25FO6/c1-23(2,3)30-20(26)14-29-17-8-6-7-16(13-17)18(25)11-9-15-10-12-19(27-4)22(28-5)21(15)24/h6-13H,14H2,1-5H3. The molecule has 0 N–H and O–H groups in total. The molecule has 6 nitrogen and oxygen atoms in total. The average molecular weight is 416 g/mol. The Morgan fingerprint density at radius 2 is 1.80 bits per heavy atom. The quantitative estimate of drug-likeness (QED) is 0.359. The molecule has 0 unspecified atom stereocenters. The second-order valence-corrected chi connectivity index (χ2v) is 7.30. The molecular weight excluding hydrogens is 391 g/mol. The molecule has 0 fully saturated rings. The van der Waals surface area contributed by atoms with Crippen molar-refractivity contribution >= 4 is 17.8 Å². The Balaban J connectivity index is 2.09. The third kappa shape index (κ3) is 6.34. The summed E-state index contributed by atoms with van der Waals surface area (Å²) in [4.78, 5) is 24.2. The molecule has 0 bridgehead atoms. The molecule has 0 atom stereocenters. The Labute approximate surface area is 175 Å². The smallest absolute Gasteiger partial charge is 0.344 e. The van der Waals surface area contributed by atoms with Crippen LogP contribution in [0, 0.1) is 5.82 Å². The van der Waals surface area contributed by atoms with Gasteiger partial charge < -0.3 is 18.9 Å². The minimum atomic E-state index is -0.629. The summed E-state index contributed by atoms with van der Waals surface area (Å²) in [5.41, 5.74) is -0.102. The number of halogens is 1. The Kier molecular flexibility index (Phi) is 7.58. The largest absolute Gasteiger partial charge is 0.493 e. The molecule has 2 rings (SSSR count). The van der Waals surface area contributed by atoms with Crippen LogP contribution in [0.15, 0.2) is 42.5 Å². The Morgan fingerprint density at radius 3 is 2.43 bits per heavy atom. The zero-order valence-electron chi connectivity index (χ0n) is 17.7. The van der Waals surface area contributed by atoms with Gasteiger partial charge in [0.25, 0.3) is 0 Å². The van der Waals surface area contributed by atoms with Gasteiger partial charge in [0, 0.05) is 11.1 Å². The van der Waals surface area contributed by atoms with Gasteiger partial charge in [-0.05, 0) is 57.2 Å². The predicted octanol–water partition coefficient (Wildman–Crippen LogP) is 4.46. The van der Waals surface area contributed by atoms with E-state index < -0.39 is 17.4 Å². The summed E-state index contributed by atoms with van der Waals surface area (Å²) >= 11 is 0. The van der Waals surface area contributed by atoms with Crippen molar-refractivity contribution in [3.63, 3.8) is 0 Å². The molecule has 0 amide bonds. The van der Waals surface area contributed by atoms with Crippen molar-refractivity contribution in [3.05, 3.63) is 59.4 Å². The molecule has 30 heavy (non-hydrogen) atoms. The van der Waals surface area contributed by atoms with E-state index in [4.69, 9.17) is 18.9 Å². The first-order chi connectivity index (χ1) is 14.1. The van der Waals surface area contributed by atoms with Gasteiger partial charge in [0.2, 0.25) is 0 Å². The van der Waals surface area contributed by atoms with Gasteiger partial charge in [-0.25, -0.2) is 9.18 Å². The number of ether oxygens (including phenoxy) is 4. The number of benzene rings is 2. The number of hydrogen-bond donors (Lipinski definition) is 0. The average Bonchev–Trinajstić information content (AvgIpc) is 2.69. The zero-order valence-corrected chi connectivity index (χ0v) is 17.7. The van der Waals surface area contributed by atoms with Crippen molar-refractivity contribution in [1.29, 1.82) is 0 Å². The lowest BCUT2D eigenvalue weighted by Crippen LogP contribution is -2.27. The molecule has 0 saturated carbocycles. The van der Waals surface area contributed by atoms with Crippen molar-refractivity contribution in [2.75, 3.05) is 20.8 Å². The lowest BCUT2D eigenvalue weighted by atomic mass is 10.1. The van der Waals surface area contributed by atoms with Crippen molar-refractivity contribution in [1.82, 2.24) is 0 Å². The SMILES string of the molecule is COc1ccc(C=CC(=O)c2cccc(OCC(=O)OC(C)(C)C)c2)c(F)c1OC. The van der Waals surface area contributed by atoms with E-state index in [9.17, 15) is 14.0 Å². The van der Waals surface area contributed by atoms with Crippen LogP contribution in [0.4, 0.5) is 4.39 Å². The Morgan fingerprint density at radius 1 is 1.07 bits per heavy atom. The molecule has 0 heterocycles. The summed E-state index contributed by atoms with van der Waals surface area (Å²) in [6.07, 6.45) is 2.60. The van der Waals surface area contributed by atoms with Crippen LogP contribution in [0.1, 0.15) is 36.7 Å². The van der Waals surface area contributed by atoms with Crippen LogP contribution in [0.2, 0.25) is 0 Å². The number of carbonyl (C=O) groups is 2. The normalized spacial score (nSPS) is 11.3. The maximum atomic E-state index is 14.5. The Hall–Kier alpha value is -3.35. The van der Waals surface area contributed by atoms with Crippen LogP contribution in [-0.4, -0.2) is 38.2 Å². The van der Waals surface area contributed by atoms with Crippen LogP contribution in [-0.2, 0) is 9.53 Å².